The smallest absolute Gasteiger partial charge is 0.0576 e. The molecule has 0 spiro atoms. The van der Waals surface area contributed by atoms with E-state index in [0.29, 0.717) is 11.5 Å². The molecule has 0 aliphatic heterocycles. The van der Waals surface area contributed by atoms with E-state index in [1.807, 2.05) is 12.1 Å². The molecular formula is C18H29NOS. The van der Waals surface area contributed by atoms with Gasteiger partial charge in [-0.2, -0.15) is 0 Å². The summed E-state index contributed by atoms with van der Waals surface area (Å²) in [6.45, 7) is 9.89. The minimum atomic E-state index is -0.921. The predicted molar refractivity (Wildman–Crippen MR) is 91.1 cm³/mol. The van der Waals surface area contributed by atoms with Gasteiger partial charge in [0, 0.05) is 10.9 Å². The van der Waals surface area contributed by atoms with Crippen LogP contribution in [0.15, 0.2) is 29.2 Å². The molecule has 0 aromatic heterocycles. The molecule has 21 heavy (non-hydrogen) atoms. The average Bonchev–Trinajstić information content (AvgIpc) is 2.45. The van der Waals surface area contributed by atoms with Crippen molar-refractivity contribution in [1.29, 1.82) is 0 Å². The molecule has 0 radical (unpaired) electrons. The van der Waals surface area contributed by atoms with Crippen molar-refractivity contribution in [3.05, 3.63) is 29.8 Å². The summed E-state index contributed by atoms with van der Waals surface area (Å²) >= 11 is 0. The van der Waals surface area contributed by atoms with Gasteiger partial charge in [-0.25, -0.2) is 0 Å². The number of nitrogens with one attached hydrogen (secondary N) is 1. The summed E-state index contributed by atoms with van der Waals surface area (Å²) in [5, 5.41) is 3.85. The standard InChI is InChI=1S/C18H29NOS/c1-5-12-19-16-10-11-18(3,4)13-17(16)21(20)15-8-6-14(2)7-9-15/h6-9,16-17,19H,5,10-13H2,1-4H3. The van der Waals surface area contributed by atoms with Crippen LogP contribution in [0.5, 0.6) is 0 Å². The van der Waals surface area contributed by atoms with E-state index in [-0.39, 0.29) is 5.25 Å². The van der Waals surface area contributed by atoms with Crippen molar-refractivity contribution in [1.82, 2.24) is 5.32 Å². The highest BCUT2D eigenvalue weighted by Crippen LogP contribution is 2.38. The van der Waals surface area contributed by atoms with Crippen LogP contribution >= 0.6 is 0 Å². The fourth-order valence-corrected chi connectivity index (χ4v) is 5.04. The molecule has 0 saturated heterocycles. The molecule has 1 fully saturated rings. The number of hydrogen-bond acceptors (Lipinski definition) is 2. The second kappa shape index (κ2) is 7.06. The first-order valence-corrected chi connectivity index (χ1v) is 9.35. The van der Waals surface area contributed by atoms with Crippen molar-refractivity contribution in [3.63, 3.8) is 0 Å². The predicted octanol–water partition coefficient (Wildman–Crippen LogP) is 4.05. The summed E-state index contributed by atoms with van der Waals surface area (Å²) in [5.74, 6) is 0. The molecule has 0 heterocycles. The molecule has 1 aromatic rings. The monoisotopic (exact) mass is 307 g/mol. The average molecular weight is 308 g/mol. The van der Waals surface area contributed by atoms with Gasteiger partial charge in [-0.1, -0.05) is 38.5 Å². The van der Waals surface area contributed by atoms with Crippen LogP contribution in [0.3, 0.4) is 0 Å². The van der Waals surface area contributed by atoms with Crippen LogP contribution in [-0.2, 0) is 10.8 Å². The number of benzene rings is 1. The Kier molecular flexibility index (Phi) is 5.61. The maximum Gasteiger partial charge on any atom is 0.0576 e. The zero-order chi connectivity index (χ0) is 15.5. The fourth-order valence-electron chi connectivity index (χ4n) is 3.16. The fraction of sp³-hybridized carbons (Fsp3) is 0.667. The number of rotatable bonds is 5. The van der Waals surface area contributed by atoms with E-state index in [1.54, 1.807) is 0 Å². The second-order valence-electron chi connectivity index (χ2n) is 7.12. The zero-order valence-electron chi connectivity index (χ0n) is 13.8. The summed E-state index contributed by atoms with van der Waals surface area (Å²) in [4.78, 5) is 0.978. The van der Waals surface area contributed by atoms with Gasteiger partial charge < -0.3 is 5.32 Å². The van der Waals surface area contributed by atoms with Gasteiger partial charge in [-0.05, 0) is 56.7 Å². The van der Waals surface area contributed by atoms with Crippen LogP contribution in [0.2, 0.25) is 0 Å². The van der Waals surface area contributed by atoms with E-state index in [9.17, 15) is 4.21 Å². The molecule has 1 aliphatic rings. The van der Waals surface area contributed by atoms with E-state index >= 15 is 0 Å². The van der Waals surface area contributed by atoms with E-state index in [0.717, 1.165) is 30.7 Å². The van der Waals surface area contributed by atoms with E-state index in [2.05, 4.69) is 45.1 Å². The molecule has 1 saturated carbocycles. The molecule has 3 atom stereocenters. The lowest BCUT2D eigenvalue weighted by Crippen LogP contribution is -2.48. The lowest BCUT2D eigenvalue weighted by atomic mass is 9.75. The van der Waals surface area contributed by atoms with Crippen molar-refractivity contribution in [2.45, 2.75) is 69.6 Å². The summed E-state index contributed by atoms with van der Waals surface area (Å²) in [6.07, 6.45) is 4.52. The first-order valence-electron chi connectivity index (χ1n) is 8.13. The van der Waals surface area contributed by atoms with Gasteiger partial charge in [-0.15, -0.1) is 0 Å². The molecule has 118 valence electrons. The SMILES string of the molecule is CCCNC1CCC(C)(C)CC1S(=O)c1ccc(C)cc1. The molecular weight excluding hydrogens is 278 g/mol. The van der Waals surface area contributed by atoms with Crippen molar-refractivity contribution in [3.8, 4) is 0 Å². The van der Waals surface area contributed by atoms with Crippen LogP contribution in [0.1, 0.15) is 52.0 Å². The third kappa shape index (κ3) is 4.40. The van der Waals surface area contributed by atoms with Crippen molar-refractivity contribution in [2.24, 2.45) is 5.41 Å². The zero-order valence-corrected chi connectivity index (χ0v) is 14.6. The van der Waals surface area contributed by atoms with Crippen LogP contribution in [0.4, 0.5) is 0 Å². The number of aryl methyl sites for hydroxylation is 1. The Morgan fingerprint density at radius 2 is 1.95 bits per heavy atom. The van der Waals surface area contributed by atoms with Gasteiger partial charge in [-0.3, -0.25) is 4.21 Å². The molecule has 1 aliphatic carbocycles. The minimum Gasteiger partial charge on any atom is -0.313 e. The lowest BCUT2D eigenvalue weighted by molar-refractivity contribution is 0.212. The van der Waals surface area contributed by atoms with Crippen LogP contribution in [0.25, 0.3) is 0 Å². The molecule has 3 heteroatoms. The molecule has 2 nitrogen and oxygen atoms in total. The van der Waals surface area contributed by atoms with Crippen molar-refractivity contribution in [2.75, 3.05) is 6.54 Å². The highest BCUT2D eigenvalue weighted by atomic mass is 32.2. The largest absolute Gasteiger partial charge is 0.313 e. The van der Waals surface area contributed by atoms with E-state index in [1.165, 1.54) is 12.0 Å². The van der Waals surface area contributed by atoms with Gasteiger partial charge in [0.15, 0.2) is 0 Å². The Hall–Kier alpha value is -0.670. The lowest BCUT2D eigenvalue weighted by Gasteiger charge is -2.40. The molecule has 0 bridgehead atoms. The molecule has 0 amide bonds. The molecule has 1 N–H and O–H groups in total. The summed E-state index contributed by atoms with van der Waals surface area (Å²) in [5.41, 5.74) is 1.52. The maximum absolute atomic E-state index is 13.0. The first kappa shape index (κ1) is 16.7. The summed E-state index contributed by atoms with van der Waals surface area (Å²) in [7, 11) is -0.921. The second-order valence-corrected chi connectivity index (χ2v) is 8.79. The topological polar surface area (TPSA) is 29.1 Å². The molecule has 1 aromatic carbocycles. The van der Waals surface area contributed by atoms with E-state index in [4.69, 9.17) is 0 Å². The van der Waals surface area contributed by atoms with Gasteiger partial charge >= 0.3 is 0 Å². The highest BCUT2D eigenvalue weighted by molar-refractivity contribution is 7.85. The summed E-state index contributed by atoms with van der Waals surface area (Å²) < 4.78 is 13.0. The Morgan fingerprint density at radius 3 is 2.57 bits per heavy atom. The van der Waals surface area contributed by atoms with Crippen LogP contribution in [0, 0.1) is 12.3 Å². The van der Waals surface area contributed by atoms with Gasteiger partial charge in [0.05, 0.1) is 16.0 Å². The van der Waals surface area contributed by atoms with Crippen LogP contribution < -0.4 is 5.32 Å². The van der Waals surface area contributed by atoms with Gasteiger partial charge in [0.2, 0.25) is 0 Å². The highest BCUT2D eigenvalue weighted by Gasteiger charge is 2.38. The van der Waals surface area contributed by atoms with Crippen molar-refractivity contribution >= 4 is 10.8 Å². The molecule has 3 unspecified atom stereocenters. The first-order chi connectivity index (χ1) is 9.93. The molecule has 2 rings (SSSR count). The minimum absolute atomic E-state index is 0.225. The quantitative estimate of drug-likeness (QED) is 0.889. The third-order valence-electron chi connectivity index (χ3n) is 4.52. The van der Waals surface area contributed by atoms with Crippen molar-refractivity contribution < 1.29 is 4.21 Å². The third-order valence-corrected chi connectivity index (χ3v) is 6.30. The van der Waals surface area contributed by atoms with Gasteiger partial charge in [0.25, 0.3) is 0 Å². The maximum atomic E-state index is 13.0. The Bertz CT molecular complexity index is 480. The Balaban J connectivity index is 2.17. The number of hydrogen-bond donors (Lipinski definition) is 1. The van der Waals surface area contributed by atoms with Crippen LogP contribution in [-0.4, -0.2) is 22.0 Å². The Labute approximate surface area is 132 Å². The summed E-state index contributed by atoms with van der Waals surface area (Å²) in [6, 6.07) is 8.58. The van der Waals surface area contributed by atoms with Gasteiger partial charge in [0.1, 0.15) is 0 Å². The van der Waals surface area contributed by atoms with E-state index < -0.39 is 10.8 Å². The normalized spacial score (nSPS) is 26.5. The Morgan fingerprint density at radius 1 is 1.29 bits per heavy atom.